The molecule has 0 fully saturated rings. The summed E-state index contributed by atoms with van der Waals surface area (Å²) in [6.07, 6.45) is -1.56. The average Bonchev–Trinajstić information content (AvgIpc) is 3.06. The normalized spacial score (nSPS) is 16.0. The Hall–Kier alpha value is -3.79. The number of amides is 1. The molecule has 2 N–H and O–H groups in total. The van der Waals surface area contributed by atoms with Gasteiger partial charge in [-0.1, -0.05) is 37.3 Å². The highest BCUT2D eigenvalue weighted by Crippen LogP contribution is 2.50. The lowest BCUT2D eigenvalue weighted by atomic mass is 9.96. The van der Waals surface area contributed by atoms with Crippen LogP contribution in [0.3, 0.4) is 0 Å². The zero-order valence-corrected chi connectivity index (χ0v) is 18.8. The number of aliphatic hydroxyl groups is 1. The number of carbonyl (C=O) groups is 2. The highest BCUT2D eigenvalue weighted by atomic mass is 19.3. The minimum atomic E-state index is -3.27. The molecule has 2 atom stereocenters. The van der Waals surface area contributed by atoms with Crippen molar-refractivity contribution < 1.29 is 42.4 Å². The molecule has 0 radical (unpaired) electrons. The van der Waals surface area contributed by atoms with Crippen LogP contribution >= 0.6 is 0 Å². The first kappa shape index (κ1) is 24.3. The summed E-state index contributed by atoms with van der Waals surface area (Å²) in [5.41, 5.74) is -0.647. The van der Waals surface area contributed by atoms with Gasteiger partial charge in [0.25, 0.3) is 5.91 Å². The average molecular weight is 489 g/mol. The largest absolute Gasteiger partial charge is 0.493 e. The van der Waals surface area contributed by atoms with Crippen molar-refractivity contribution >= 4 is 28.3 Å². The number of anilines is 1. The number of carbonyl (C=O) groups excluding carboxylic acids is 1. The molecule has 3 aromatic carbocycles. The standard InChI is InChI=1S/C25H22F3NO6/c1-3-13(24(32)33)12-9-10-17(16(26)11-12)29-22(30)18-19(23(29)31)21(35-25(27)28)15-8-6-5-7-14(15)20(18)34-4-2/h5-11,13,22,25,30H,3-4H2,1-2H3,(H,32,33). The second kappa shape index (κ2) is 9.46. The Morgan fingerprint density at radius 1 is 1.11 bits per heavy atom. The fourth-order valence-corrected chi connectivity index (χ4v) is 4.45. The van der Waals surface area contributed by atoms with Gasteiger partial charge < -0.3 is 19.7 Å². The molecule has 1 aliphatic heterocycles. The van der Waals surface area contributed by atoms with Crippen LogP contribution in [0.25, 0.3) is 10.8 Å². The monoisotopic (exact) mass is 489 g/mol. The van der Waals surface area contributed by atoms with Gasteiger partial charge in [-0.25, -0.2) is 4.39 Å². The van der Waals surface area contributed by atoms with Crippen LogP contribution in [0.5, 0.6) is 11.5 Å². The first-order valence-corrected chi connectivity index (χ1v) is 10.9. The Kier molecular flexibility index (Phi) is 6.58. The lowest BCUT2D eigenvalue weighted by molar-refractivity contribution is -0.138. The number of hydrogen-bond acceptors (Lipinski definition) is 5. The SMILES string of the molecule is CCOc1c2c(c(OC(F)F)c3ccccc13)C(=O)N(c1ccc(C(CC)C(=O)O)cc1F)C2O. The third-order valence-corrected chi connectivity index (χ3v) is 5.93. The molecular formula is C25H22F3NO6. The molecule has 2 unspecified atom stereocenters. The quantitative estimate of drug-likeness (QED) is 0.451. The predicted molar refractivity (Wildman–Crippen MR) is 121 cm³/mol. The minimum Gasteiger partial charge on any atom is -0.493 e. The number of hydrogen-bond donors (Lipinski definition) is 2. The number of alkyl halides is 2. The molecule has 184 valence electrons. The highest BCUT2D eigenvalue weighted by molar-refractivity contribution is 6.17. The van der Waals surface area contributed by atoms with Gasteiger partial charge in [-0.3, -0.25) is 14.5 Å². The molecule has 0 aliphatic carbocycles. The van der Waals surface area contributed by atoms with Crippen molar-refractivity contribution in [2.75, 3.05) is 11.5 Å². The van der Waals surface area contributed by atoms with Crippen LogP contribution in [0.4, 0.5) is 18.9 Å². The summed E-state index contributed by atoms with van der Waals surface area (Å²) in [5.74, 6) is -4.37. The van der Waals surface area contributed by atoms with Gasteiger partial charge in [-0.2, -0.15) is 8.78 Å². The Balaban J connectivity index is 1.92. The molecule has 4 rings (SSSR count). The van der Waals surface area contributed by atoms with Gasteiger partial charge in [0.05, 0.1) is 29.3 Å². The smallest absolute Gasteiger partial charge is 0.387 e. The van der Waals surface area contributed by atoms with Gasteiger partial charge in [0.2, 0.25) is 0 Å². The minimum absolute atomic E-state index is 0.0945. The van der Waals surface area contributed by atoms with Crippen LogP contribution in [0.2, 0.25) is 0 Å². The molecular weight excluding hydrogens is 467 g/mol. The summed E-state index contributed by atoms with van der Waals surface area (Å²) in [5, 5.41) is 21.0. The number of nitrogens with zero attached hydrogens (tertiary/aromatic N) is 1. The second-order valence-corrected chi connectivity index (χ2v) is 7.86. The summed E-state index contributed by atoms with van der Waals surface area (Å²) in [6.45, 7) is 0.191. The third-order valence-electron chi connectivity index (χ3n) is 5.93. The number of fused-ring (bicyclic) bond motifs is 2. The summed E-state index contributed by atoms with van der Waals surface area (Å²) >= 11 is 0. The number of carboxylic acid groups (broad SMARTS) is 1. The number of benzene rings is 3. The number of aliphatic hydroxyl groups excluding tert-OH is 1. The van der Waals surface area contributed by atoms with Gasteiger partial charge in [-0.05, 0) is 31.0 Å². The molecule has 0 aromatic heterocycles. The van der Waals surface area contributed by atoms with E-state index in [2.05, 4.69) is 0 Å². The maximum atomic E-state index is 15.2. The van der Waals surface area contributed by atoms with Crippen molar-refractivity contribution in [2.45, 2.75) is 39.0 Å². The van der Waals surface area contributed by atoms with Gasteiger partial charge in [0.15, 0.2) is 6.23 Å². The van der Waals surface area contributed by atoms with Gasteiger partial charge >= 0.3 is 12.6 Å². The maximum absolute atomic E-state index is 15.2. The van der Waals surface area contributed by atoms with E-state index in [0.717, 1.165) is 6.07 Å². The van der Waals surface area contributed by atoms with E-state index in [1.165, 1.54) is 18.2 Å². The van der Waals surface area contributed by atoms with Crippen molar-refractivity contribution in [3.63, 3.8) is 0 Å². The van der Waals surface area contributed by atoms with E-state index in [0.29, 0.717) is 10.3 Å². The van der Waals surface area contributed by atoms with Crippen molar-refractivity contribution in [3.8, 4) is 11.5 Å². The number of carboxylic acids is 1. The van der Waals surface area contributed by atoms with E-state index in [1.54, 1.807) is 32.0 Å². The molecule has 1 heterocycles. The van der Waals surface area contributed by atoms with Crippen molar-refractivity contribution in [3.05, 3.63) is 65.0 Å². The predicted octanol–water partition coefficient (Wildman–Crippen LogP) is 5.21. The number of rotatable bonds is 8. The van der Waals surface area contributed by atoms with Gasteiger partial charge in [-0.15, -0.1) is 0 Å². The number of aliphatic carboxylic acids is 1. The summed E-state index contributed by atoms with van der Waals surface area (Å²) < 4.78 is 52.3. The first-order valence-electron chi connectivity index (χ1n) is 10.9. The molecule has 0 saturated carbocycles. The zero-order chi connectivity index (χ0) is 25.4. The van der Waals surface area contributed by atoms with Crippen LogP contribution in [0.15, 0.2) is 42.5 Å². The summed E-state index contributed by atoms with van der Waals surface area (Å²) in [4.78, 5) is 25.6. The molecule has 10 heteroatoms. The Bertz CT molecular complexity index is 1310. The van der Waals surface area contributed by atoms with Crippen molar-refractivity contribution in [2.24, 2.45) is 0 Å². The molecule has 0 saturated heterocycles. The van der Waals surface area contributed by atoms with Crippen LogP contribution in [0.1, 0.15) is 53.9 Å². The van der Waals surface area contributed by atoms with E-state index in [9.17, 15) is 28.6 Å². The summed E-state index contributed by atoms with van der Waals surface area (Å²) in [7, 11) is 0. The fraction of sp³-hybridized carbons (Fsp3) is 0.280. The Labute approximate surface area is 198 Å². The number of ether oxygens (including phenoxy) is 2. The van der Waals surface area contributed by atoms with Crippen molar-refractivity contribution in [1.82, 2.24) is 0 Å². The first-order chi connectivity index (χ1) is 16.7. The summed E-state index contributed by atoms with van der Waals surface area (Å²) in [6, 6.07) is 9.76. The van der Waals surface area contributed by atoms with Crippen LogP contribution in [-0.2, 0) is 4.79 Å². The van der Waals surface area contributed by atoms with Crippen LogP contribution < -0.4 is 14.4 Å². The molecule has 1 aliphatic rings. The third kappa shape index (κ3) is 4.03. The highest BCUT2D eigenvalue weighted by Gasteiger charge is 2.44. The Morgan fingerprint density at radius 2 is 1.77 bits per heavy atom. The van der Waals surface area contributed by atoms with E-state index in [4.69, 9.17) is 9.47 Å². The molecule has 0 spiro atoms. The zero-order valence-electron chi connectivity index (χ0n) is 18.8. The van der Waals surface area contributed by atoms with E-state index < -0.39 is 42.2 Å². The molecule has 35 heavy (non-hydrogen) atoms. The van der Waals surface area contributed by atoms with Crippen LogP contribution in [0, 0.1) is 5.82 Å². The lowest BCUT2D eigenvalue weighted by Gasteiger charge is -2.23. The van der Waals surface area contributed by atoms with E-state index in [1.807, 2.05) is 0 Å². The lowest BCUT2D eigenvalue weighted by Crippen LogP contribution is -2.28. The number of halogens is 3. The van der Waals surface area contributed by atoms with E-state index >= 15 is 4.39 Å². The topological polar surface area (TPSA) is 96.3 Å². The molecule has 7 nitrogen and oxygen atoms in total. The van der Waals surface area contributed by atoms with Gasteiger partial charge in [0.1, 0.15) is 17.3 Å². The van der Waals surface area contributed by atoms with Gasteiger partial charge in [0, 0.05) is 10.8 Å². The van der Waals surface area contributed by atoms with Crippen molar-refractivity contribution in [1.29, 1.82) is 0 Å². The fourth-order valence-electron chi connectivity index (χ4n) is 4.45. The molecule has 0 bridgehead atoms. The van der Waals surface area contributed by atoms with E-state index in [-0.39, 0.29) is 46.5 Å². The second-order valence-electron chi connectivity index (χ2n) is 7.86. The maximum Gasteiger partial charge on any atom is 0.387 e. The molecule has 1 amide bonds. The molecule has 3 aromatic rings. The van der Waals surface area contributed by atoms with Crippen LogP contribution in [-0.4, -0.2) is 35.3 Å². The Morgan fingerprint density at radius 3 is 2.31 bits per heavy atom.